The summed E-state index contributed by atoms with van der Waals surface area (Å²) in [5, 5.41) is 2.85. The summed E-state index contributed by atoms with van der Waals surface area (Å²) in [5.74, 6) is -0.728. The lowest BCUT2D eigenvalue weighted by Crippen LogP contribution is -2.51. The van der Waals surface area contributed by atoms with Gasteiger partial charge in [0.25, 0.3) is 10.0 Å². The van der Waals surface area contributed by atoms with Crippen LogP contribution in [0, 0.1) is 11.7 Å². The Morgan fingerprint density at radius 2 is 1.62 bits per heavy atom. The summed E-state index contributed by atoms with van der Waals surface area (Å²) < 4.78 is 47.1. The van der Waals surface area contributed by atoms with Gasteiger partial charge in [0.1, 0.15) is 24.2 Å². The largest absolute Gasteiger partial charge is 0.497 e. The number of hydrogen-bond acceptors (Lipinski definition) is 5. The van der Waals surface area contributed by atoms with Crippen LogP contribution in [0.1, 0.15) is 26.3 Å². The predicted octanol–water partition coefficient (Wildman–Crippen LogP) is 4.22. The van der Waals surface area contributed by atoms with Gasteiger partial charge >= 0.3 is 0 Å². The summed E-state index contributed by atoms with van der Waals surface area (Å²) in [6, 6.07) is 18.8. The molecule has 1 atom stereocenters. The fraction of sp³-hybridized carbons (Fsp3) is 0.310. The summed E-state index contributed by atoms with van der Waals surface area (Å²) in [7, 11) is -2.72. The molecule has 3 aromatic carbocycles. The number of rotatable bonds is 12. The van der Waals surface area contributed by atoms with Crippen LogP contribution in [0.5, 0.6) is 5.75 Å². The zero-order chi connectivity index (χ0) is 28.6. The number of para-hydroxylation sites is 1. The first kappa shape index (κ1) is 29.6. The number of anilines is 1. The van der Waals surface area contributed by atoms with Crippen molar-refractivity contribution in [1.82, 2.24) is 10.2 Å². The minimum absolute atomic E-state index is 0.0471. The number of carbonyl (C=O) groups excluding carboxylic acids is 2. The summed E-state index contributed by atoms with van der Waals surface area (Å²) in [6.07, 6.45) is 0. The van der Waals surface area contributed by atoms with Gasteiger partial charge < -0.3 is 15.0 Å². The van der Waals surface area contributed by atoms with Crippen molar-refractivity contribution in [3.05, 3.63) is 90.2 Å². The second kappa shape index (κ2) is 13.2. The van der Waals surface area contributed by atoms with Gasteiger partial charge in [0.15, 0.2) is 0 Å². The molecule has 0 aliphatic rings. The Morgan fingerprint density at radius 1 is 0.949 bits per heavy atom. The molecule has 2 amide bonds. The molecule has 0 fully saturated rings. The van der Waals surface area contributed by atoms with Gasteiger partial charge in [-0.25, -0.2) is 12.8 Å². The van der Waals surface area contributed by atoms with Crippen LogP contribution in [0.3, 0.4) is 0 Å². The number of nitrogens with zero attached hydrogens (tertiary/aromatic N) is 2. The van der Waals surface area contributed by atoms with Crippen LogP contribution in [0.2, 0.25) is 0 Å². The highest BCUT2D eigenvalue weighted by Crippen LogP contribution is 2.25. The standard InChI is InChI=1S/C29H34FN3O5S/c1-21(2)18-31-29(35)22(3)32(19-23-9-8-12-26(17-23)38-4)28(34)20-33(25-10-6-5-7-11-25)39(36,37)27-15-13-24(30)14-16-27/h5-17,21-22H,18-20H2,1-4H3,(H,31,35)/t22-/m1/s1. The molecule has 0 radical (unpaired) electrons. The maximum atomic E-state index is 13.9. The minimum Gasteiger partial charge on any atom is -0.497 e. The second-order valence-corrected chi connectivity index (χ2v) is 11.4. The maximum Gasteiger partial charge on any atom is 0.264 e. The van der Waals surface area contributed by atoms with Crippen molar-refractivity contribution in [3.63, 3.8) is 0 Å². The van der Waals surface area contributed by atoms with Gasteiger partial charge in [0, 0.05) is 13.1 Å². The van der Waals surface area contributed by atoms with Crippen molar-refractivity contribution < 1.29 is 27.1 Å². The monoisotopic (exact) mass is 555 g/mol. The molecule has 1 N–H and O–H groups in total. The van der Waals surface area contributed by atoms with E-state index < -0.39 is 34.3 Å². The van der Waals surface area contributed by atoms with Crippen molar-refractivity contribution in [1.29, 1.82) is 0 Å². The van der Waals surface area contributed by atoms with E-state index in [1.54, 1.807) is 61.5 Å². The molecule has 208 valence electrons. The third-order valence-electron chi connectivity index (χ3n) is 6.06. The molecule has 3 rings (SSSR count). The third-order valence-corrected chi connectivity index (χ3v) is 7.85. The van der Waals surface area contributed by atoms with E-state index in [1.807, 2.05) is 13.8 Å². The van der Waals surface area contributed by atoms with Crippen LogP contribution in [0.4, 0.5) is 10.1 Å². The normalized spacial score (nSPS) is 12.1. The van der Waals surface area contributed by atoms with Gasteiger partial charge in [0.2, 0.25) is 11.8 Å². The Bertz CT molecular complexity index is 1370. The van der Waals surface area contributed by atoms with E-state index >= 15 is 0 Å². The Balaban J connectivity index is 1.99. The molecule has 0 aliphatic carbocycles. The Morgan fingerprint density at radius 3 is 2.23 bits per heavy atom. The molecule has 0 aliphatic heterocycles. The number of hydrogen-bond donors (Lipinski definition) is 1. The van der Waals surface area contributed by atoms with E-state index in [2.05, 4.69) is 5.32 Å². The van der Waals surface area contributed by atoms with Crippen molar-refractivity contribution in [3.8, 4) is 5.75 Å². The molecule has 39 heavy (non-hydrogen) atoms. The Kier molecular flexibility index (Phi) is 10.1. The molecule has 8 nitrogen and oxygen atoms in total. The maximum absolute atomic E-state index is 13.9. The molecule has 0 bridgehead atoms. The highest BCUT2D eigenvalue weighted by Gasteiger charge is 2.32. The molecule has 0 spiro atoms. The lowest BCUT2D eigenvalue weighted by atomic mass is 10.1. The first-order chi connectivity index (χ1) is 18.5. The summed E-state index contributed by atoms with van der Waals surface area (Å²) in [6.45, 7) is 5.43. The van der Waals surface area contributed by atoms with E-state index in [0.29, 0.717) is 17.9 Å². The molecule has 0 saturated heterocycles. The second-order valence-electron chi connectivity index (χ2n) is 9.49. The smallest absolute Gasteiger partial charge is 0.264 e. The van der Waals surface area contributed by atoms with E-state index in [4.69, 9.17) is 4.74 Å². The van der Waals surface area contributed by atoms with Crippen molar-refractivity contribution in [2.75, 3.05) is 24.5 Å². The average Bonchev–Trinajstić information content (AvgIpc) is 2.93. The fourth-order valence-electron chi connectivity index (χ4n) is 3.86. The number of carbonyl (C=O) groups is 2. The quantitative estimate of drug-likeness (QED) is 0.361. The van der Waals surface area contributed by atoms with Gasteiger partial charge in [-0.05, 0) is 66.9 Å². The molecule has 0 unspecified atom stereocenters. The molecule has 0 aromatic heterocycles. The number of sulfonamides is 1. The average molecular weight is 556 g/mol. The van der Waals surface area contributed by atoms with Crippen LogP contribution in [-0.4, -0.2) is 51.4 Å². The van der Waals surface area contributed by atoms with E-state index in [9.17, 15) is 22.4 Å². The van der Waals surface area contributed by atoms with Crippen LogP contribution >= 0.6 is 0 Å². The molecule has 3 aromatic rings. The van der Waals surface area contributed by atoms with Crippen molar-refractivity contribution >= 4 is 27.5 Å². The molecule has 0 heterocycles. The number of benzene rings is 3. The zero-order valence-corrected chi connectivity index (χ0v) is 23.3. The van der Waals surface area contributed by atoms with Crippen molar-refractivity contribution in [2.45, 2.75) is 38.3 Å². The lowest BCUT2D eigenvalue weighted by molar-refractivity contribution is -0.139. The minimum atomic E-state index is -4.25. The SMILES string of the molecule is COc1cccc(CN(C(=O)CN(c2ccccc2)S(=O)(=O)c2ccc(F)cc2)[C@H](C)C(=O)NCC(C)C)c1. The van der Waals surface area contributed by atoms with Crippen LogP contribution in [0.25, 0.3) is 0 Å². The lowest BCUT2D eigenvalue weighted by Gasteiger charge is -2.32. The number of halogens is 1. The number of ether oxygens (including phenoxy) is 1. The number of amides is 2. The van der Waals surface area contributed by atoms with Gasteiger partial charge in [0.05, 0.1) is 17.7 Å². The summed E-state index contributed by atoms with van der Waals surface area (Å²) >= 11 is 0. The summed E-state index contributed by atoms with van der Waals surface area (Å²) in [5.41, 5.74) is 0.965. The number of nitrogens with one attached hydrogen (secondary N) is 1. The fourth-order valence-corrected chi connectivity index (χ4v) is 5.27. The van der Waals surface area contributed by atoms with Crippen molar-refractivity contribution in [2.24, 2.45) is 5.92 Å². The highest BCUT2D eigenvalue weighted by atomic mass is 32.2. The zero-order valence-electron chi connectivity index (χ0n) is 22.5. The topological polar surface area (TPSA) is 96.0 Å². The van der Waals surface area contributed by atoms with Crippen LogP contribution in [-0.2, 0) is 26.2 Å². The molecular formula is C29H34FN3O5S. The first-order valence-electron chi connectivity index (χ1n) is 12.6. The summed E-state index contributed by atoms with van der Waals surface area (Å²) in [4.78, 5) is 28.0. The van der Waals surface area contributed by atoms with E-state index in [-0.39, 0.29) is 29.0 Å². The third kappa shape index (κ3) is 7.79. The van der Waals surface area contributed by atoms with E-state index in [1.165, 1.54) is 12.0 Å². The predicted molar refractivity (Wildman–Crippen MR) is 148 cm³/mol. The van der Waals surface area contributed by atoms with Gasteiger partial charge in [-0.3, -0.25) is 13.9 Å². The van der Waals surface area contributed by atoms with Crippen LogP contribution in [0.15, 0.2) is 83.8 Å². The Hall–Kier alpha value is -3.92. The Labute approximate surface area is 229 Å². The van der Waals surface area contributed by atoms with Crippen LogP contribution < -0.4 is 14.4 Å². The molecule has 0 saturated carbocycles. The molecule has 10 heteroatoms. The van der Waals surface area contributed by atoms with E-state index in [0.717, 1.165) is 28.6 Å². The van der Waals surface area contributed by atoms with Gasteiger partial charge in [-0.2, -0.15) is 0 Å². The first-order valence-corrected chi connectivity index (χ1v) is 14.0. The van der Waals surface area contributed by atoms with Gasteiger partial charge in [-0.1, -0.05) is 44.2 Å². The number of methoxy groups -OCH3 is 1. The molecular weight excluding hydrogens is 521 g/mol. The van der Waals surface area contributed by atoms with Gasteiger partial charge in [-0.15, -0.1) is 0 Å². The highest BCUT2D eigenvalue weighted by molar-refractivity contribution is 7.92.